The van der Waals surface area contributed by atoms with Crippen LogP contribution in [0.15, 0.2) is 41.8 Å². The second-order valence-corrected chi connectivity index (χ2v) is 5.21. The van der Waals surface area contributed by atoms with Crippen LogP contribution >= 0.6 is 0 Å². The van der Waals surface area contributed by atoms with Crippen molar-refractivity contribution in [1.82, 2.24) is 4.72 Å². The number of carbonyl (C=O) groups is 1. The largest absolute Gasteiger partial charge is 0.497 e. The van der Waals surface area contributed by atoms with Crippen LogP contribution in [-0.4, -0.2) is 34.6 Å². The zero-order valence-electron chi connectivity index (χ0n) is 10.5. The lowest BCUT2D eigenvalue weighted by atomic mass is 10.3. The summed E-state index contributed by atoms with van der Waals surface area (Å²) in [6.07, 6.45) is 1.01. The second-order valence-electron chi connectivity index (χ2n) is 3.44. The van der Waals surface area contributed by atoms with Crippen LogP contribution in [0.4, 0.5) is 0 Å². The van der Waals surface area contributed by atoms with Crippen molar-refractivity contribution < 1.29 is 22.7 Å². The molecule has 1 N–H and O–H groups in total. The molecule has 0 saturated carbocycles. The highest BCUT2D eigenvalue weighted by molar-refractivity contribution is 7.89. The van der Waals surface area contributed by atoms with E-state index in [1.165, 1.54) is 19.2 Å². The summed E-state index contributed by atoms with van der Waals surface area (Å²) in [6, 6.07) is 5.95. The van der Waals surface area contributed by atoms with E-state index in [0.717, 1.165) is 6.08 Å². The average molecular weight is 301 g/mol. The molecule has 0 bridgehead atoms. The Morgan fingerprint density at radius 2 is 1.95 bits per heavy atom. The predicted molar refractivity (Wildman–Crippen MR) is 76.1 cm³/mol. The van der Waals surface area contributed by atoms with Gasteiger partial charge in [-0.25, -0.2) is 17.9 Å². The minimum atomic E-state index is -3.61. The number of rotatable bonds is 7. The highest BCUT2D eigenvalue weighted by atomic mass is 32.2. The van der Waals surface area contributed by atoms with Gasteiger partial charge in [-0.3, -0.25) is 0 Å². The van der Waals surface area contributed by atoms with E-state index in [0.29, 0.717) is 5.75 Å². The average Bonchev–Trinajstić information content (AvgIpc) is 2.43. The molecule has 0 atom stereocenters. The van der Waals surface area contributed by atoms with Crippen LogP contribution in [0.5, 0.6) is 5.75 Å². The lowest BCUT2D eigenvalue weighted by molar-refractivity contribution is -0.137. The fraction of sp³-hybridized carbons (Fsp3) is 0.308. The number of hydrogen-bond acceptors (Lipinski definition) is 5. The normalized spacial score (nSPS) is 10.2. The van der Waals surface area contributed by atoms with Crippen molar-refractivity contribution in [1.29, 1.82) is 0 Å². The molecular formula is C13H19NO5S. The molecule has 0 amide bonds. The third kappa shape index (κ3) is 5.41. The highest BCUT2D eigenvalue weighted by Crippen LogP contribution is 2.14. The minimum absolute atomic E-state index is 0. The Morgan fingerprint density at radius 1 is 1.35 bits per heavy atom. The predicted octanol–water partition coefficient (Wildman–Crippen LogP) is 1.34. The Kier molecular flexibility index (Phi) is 7.56. The molecule has 0 aliphatic carbocycles. The summed E-state index contributed by atoms with van der Waals surface area (Å²) in [5.74, 6) is -0.0255. The molecule has 7 heteroatoms. The third-order valence-corrected chi connectivity index (χ3v) is 3.65. The van der Waals surface area contributed by atoms with Crippen LogP contribution in [0.3, 0.4) is 0 Å². The van der Waals surface area contributed by atoms with Gasteiger partial charge in [0.15, 0.2) is 0 Å². The molecule has 0 heterocycles. The van der Waals surface area contributed by atoms with Crippen molar-refractivity contribution in [3.8, 4) is 5.75 Å². The quantitative estimate of drug-likeness (QED) is 0.467. The fourth-order valence-corrected chi connectivity index (χ4v) is 2.24. The van der Waals surface area contributed by atoms with Gasteiger partial charge >= 0.3 is 5.97 Å². The standard InChI is InChI=1S/C12H15NO5S.CH4/c1-3-12(14)18-9-8-13-19(15,16)11-6-4-10(17-2)5-7-11;/h3-7,13H,1,8-9H2,2H3;1H4. The summed E-state index contributed by atoms with van der Waals surface area (Å²) < 4.78 is 35.6. The number of ether oxygens (including phenoxy) is 2. The number of sulfonamides is 1. The molecule has 1 aromatic carbocycles. The van der Waals surface area contributed by atoms with E-state index in [-0.39, 0.29) is 25.5 Å². The van der Waals surface area contributed by atoms with Crippen LogP contribution in [-0.2, 0) is 19.6 Å². The first kappa shape index (κ1) is 18.1. The number of nitrogens with one attached hydrogen (secondary N) is 1. The highest BCUT2D eigenvalue weighted by Gasteiger charge is 2.13. The third-order valence-electron chi connectivity index (χ3n) is 2.17. The molecule has 0 aliphatic rings. The van der Waals surface area contributed by atoms with E-state index in [1.54, 1.807) is 12.1 Å². The molecule has 112 valence electrons. The Hall–Kier alpha value is -1.86. The number of hydrogen-bond donors (Lipinski definition) is 1. The van der Waals surface area contributed by atoms with Crippen molar-refractivity contribution in [3.63, 3.8) is 0 Å². The first-order valence-electron chi connectivity index (χ1n) is 5.42. The van der Waals surface area contributed by atoms with E-state index >= 15 is 0 Å². The number of methoxy groups -OCH3 is 1. The summed E-state index contributed by atoms with van der Waals surface area (Å²) in [5, 5.41) is 0. The van der Waals surface area contributed by atoms with E-state index < -0.39 is 16.0 Å². The molecule has 0 fully saturated rings. The van der Waals surface area contributed by atoms with Gasteiger partial charge in [0, 0.05) is 12.6 Å². The van der Waals surface area contributed by atoms with Crippen molar-refractivity contribution >= 4 is 16.0 Å². The SMILES string of the molecule is C.C=CC(=O)OCCNS(=O)(=O)c1ccc(OC)cc1. The molecule has 0 aromatic heterocycles. The lowest BCUT2D eigenvalue weighted by Crippen LogP contribution is -2.28. The molecule has 6 nitrogen and oxygen atoms in total. The van der Waals surface area contributed by atoms with Gasteiger partial charge in [-0.2, -0.15) is 0 Å². The van der Waals surface area contributed by atoms with Crippen molar-refractivity contribution in [2.45, 2.75) is 12.3 Å². The van der Waals surface area contributed by atoms with Gasteiger partial charge in [-0.15, -0.1) is 0 Å². The molecule has 1 rings (SSSR count). The van der Waals surface area contributed by atoms with Crippen LogP contribution in [0.2, 0.25) is 0 Å². The van der Waals surface area contributed by atoms with Gasteiger partial charge in [-0.05, 0) is 24.3 Å². The first-order valence-corrected chi connectivity index (χ1v) is 6.91. The van der Waals surface area contributed by atoms with E-state index in [1.807, 2.05) is 0 Å². The van der Waals surface area contributed by atoms with Crippen LogP contribution < -0.4 is 9.46 Å². The van der Waals surface area contributed by atoms with Crippen LogP contribution in [0.25, 0.3) is 0 Å². The Labute approximate surface area is 119 Å². The molecular weight excluding hydrogens is 282 g/mol. The minimum Gasteiger partial charge on any atom is -0.497 e. The Bertz CT molecular complexity index is 536. The summed E-state index contributed by atoms with van der Waals surface area (Å²) in [5.41, 5.74) is 0. The summed E-state index contributed by atoms with van der Waals surface area (Å²) in [7, 11) is -2.12. The molecule has 20 heavy (non-hydrogen) atoms. The van der Waals surface area contributed by atoms with Crippen LogP contribution in [0.1, 0.15) is 7.43 Å². The maximum atomic E-state index is 11.8. The van der Waals surface area contributed by atoms with Gasteiger partial charge in [-0.1, -0.05) is 14.0 Å². The molecule has 1 aromatic rings. The van der Waals surface area contributed by atoms with Crippen molar-refractivity contribution in [2.24, 2.45) is 0 Å². The van der Waals surface area contributed by atoms with E-state index in [9.17, 15) is 13.2 Å². The fourth-order valence-electron chi connectivity index (χ4n) is 1.22. The molecule has 0 aliphatic heterocycles. The van der Waals surface area contributed by atoms with Gasteiger partial charge in [0.25, 0.3) is 0 Å². The Morgan fingerprint density at radius 3 is 2.45 bits per heavy atom. The zero-order chi connectivity index (χ0) is 14.3. The van der Waals surface area contributed by atoms with Gasteiger partial charge in [0.05, 0.1) is 12.0 Å². The number of esters is 1. The number of carbonyl (C=O) groups excluding carboxylic acids is 1. The van der Waals surface area contributed by atoms with Gasteiger partial charge in [0.2, 0.25) is 10.0 Å². The topological polar surface area (TPSA) is 81.7 Å². The maximum Gasteiger partial charge on any atom is 0.330 e. The molecule has 0 spiro atoms. The second kappa shape index (κ2) is 8.34. The van der Waals surface area contributed by atoms with Gasteiger partial charge < -0.3 is 9.47 Å². The lowest BCUT2D eigenvalue weighted by Gasteiger charge is -2.07. The van der Waals surface area contributed by atoms with E-state index in [2.05, 4.69) is 16.0 Å². The summed E-state index contributed by atoms with van der Waals surface area (Å²) in [6.45, 7) is 3.17. The smallest absolute Gasteiger partial charge is 0.330 e. The van der Waals surface area contributed by atoms with E-state index in [4.69, 9.17) is 4.74 Å². The Balaban J connectivity index is 0.00000361. The molecule has 0 unspecified atom stereocenters. The van der Waals surface area contributed by atoms with Crippen molar-refractivity contribution in [2.75, 3.05) is 20.3 Å². The molecule has 0 radical (unpaired) electrons. The molecule has 0 saturated heterocycles. The summed E-state index contributed by atoms with van der Waals surface area (Å²) in [4.78, 5) is 10.9. The van der Waals surface area contributed by atoms with Gasteiger partial charge in [0.1, 0.15) is 12.4 Å². The zero-order valence-corrected chi connectivity index (χ0v) is 11.3. The first-order chi connectivity index (χ1) is 8.99. The number of benzene rings is 1. The van der Waals surface area contributed by atoms with Crippen molar-refractivity contribution in [3.05, 3.63) is 36.9 Å². The van der Waals surface area contributed by atoms with Crippen LogP contribution in [0, 0.1) is 0 Å². The summed E-state index contributed by atoms with van der Waals surface area (Å²) >= 11 is 0. The maximum absolute atomic E-state index is 11.8. The monoisotopic (exact) mass is 301 g/mol.